The van der Waals surface area contributed by atoms with Crippen LogP contribution in [0.15, 0.2) is 54.6 Å². The van der Waals surface area contributed by atoms with Crippen molar-refractivity contribution in [2.24, 2.45) is 0 Å². The maximum absolute atomic E-state index is 9.37. The Hall–Kier alpha value is -2.16. The summed E-state index contributed by atoms with van der Waals surface area (Å²) in [5, 5.41) is 16.6. The highest BCUT2D eigenvalue weighted by atomic mass is 16.3. The lowest BCUT2D eigenvalue weighted by Crippen LogP contribution is -2.41. The van der Waals surface area contributed by atoms with Crippen LogP contribution in [0.4, 0.5) is 11.4 Å². The van der Waals surface area contributed by atoms with Gasteiger partial charge in [0.25, 0.3) is 0 Å². The zero-order valence-corrected chi connectivity index (χ0v) is 12.1. The number of nitrogens with one attached hydrogen (secondary N) is 2. The van der Waals surface area contributed by atoms with Gasteiger partial charge in [-0.05, 0) is 49.2 Å². The van der Waals surface area contributed by atoms with Gasteiger partial charge in [0.15, 0.2) is 0 Å². The highest BCUT2D eigenvalue weighted by molar-refractivity contribution is 5.49. The Bertz CT molecular complexity index is 553. The number of hydrogen-bond donors (Lipinski definition) is 3. The van der Waals surface area contributed by atoms with E-state index in [0.717, 1.165) is 5.69 Å². The molecule has 0 spiro atoms. The van der Waals surface area contributed by atoms with Gasteiger partial charge in [-0.15, -0.1) is 0 Å². The Kier molecular flexibility index (Phi) is 4.29. The molecule has 0 heterocycles. The molecule has 0 saturated heterocycles. The van der Waals surface area contributed by atoms with Crippen LogP contribution < -0.4 is 10.6 Å². The average Bonchev–Trinajstić information content (AvgIpc) is 2.52. The third-order valence-electron chi connectivity index (χ3n) is 4.11. The molecule has 1 fully saturated rings. The maximum atomic E-state index is 9.37. The Morgan fingerprint density at radius 2 is 1.24 bits per heavy atom. The lowest BCUT2D eigenvalue weighted by Gasteiger charge is -2.34. The number of phenols is 1. The van der Waals surface area contributed by atoms with Crippen molar-refractivity contribution in [2.45, 2.75) is 37.8 Å². The predicted octanol–water partition coefficient (Wildman–Crippen LogP) is 4.23. The van der Waals surface area contributed by atoms with Crippen molar-refractivity contribution in [1.29, 1.82) is 0 Å². The van der Waals surface area contributed by atoms with Gasteiger partial charge in [0.05, 0.1) is 0 Å². The molecule has 1 aliphatic carbocycles. The van der Waals surface area contributed by atoms with Gasteiger partial charge in [0, 0.05) is 23.5 Å². The topological polar surface area (TPSA) is 44.3 Å². The van der Waals surface area contributed by atoms with Gasteiger partial charge in [-0.25, -0.2) is 0 Å². The van der Waals surface area contributed by atoms with Crippen LogP contribution in [0.3, 0.4) is 0 Å². The number of para-hydroxylation sites is 1. The molecular weight excluding hydrogens is 260 g/mol. The van der Waals surface area contributed by atoms with E-state index in [1.54, 1.807) is 12.1 Å². The molecule has 3 heteroatoms. The van der Waals surface area contributed by atoms with Crippen molar-refractivity contribution in [1.82, 2.24) is 0 Å². The molecule has 3 nitrogen and oxygen atoms in total. The summed E-state index contributed by atoms with van der Waals surface area (Å²) in [6.07, 6.45) is 4.90. The molecule has 0 bridgehead atoms. The first kappa shape index (κ1) is 13.8. The Morgan fingerprint density at radius 1 is 0.714 bits per heavy atom. The summed E-state index contributed by atoms with van der Waals surface area (Å²) >= 11 is 0. The lowest BCUT2D eigenvalue weighted by molar-refractivity contribution is 0.424. The molecule has 2 aromatic carbocycles. The Balaban J connectivity index is 1.68. The molecule has 110 valence electrons. The summed E-state index contributed by atoms with van der Waals surface area (Å²) in [7, 11) is 0. The fourth-order valence-corrected chi connectivity index (χ4v) is 3.00. The number of phenolic OH excluding ortho intramolecular Hbond substituents is 1. The number of anilines is 2. The van der Waals surface area contributed by atoms with Crippen LogP contribution in [-0.4, -0.2) is 17.2 Å². The van der Waals surface area contributed by atoms with E-state index in [1.165, 1.54) is 31.4 Å². The van der Waals surface area contributed by atoms with Gasteiger partial charge in [0.2, 0.25) is 0 Å². The zero-order chi connectivity index (χ0) is 14.5. The van der Waals surface area contributed by atoms with E-state index in [4.69, 9.17) is 0 Å². The van der Waals surface area contributed by atoms with E-state index in [-0.39, 0.29) is 0 Å². The van der Waals surface area contributed by atoms with E-state index in [1.807, 2.05) is 18.2 Å². The standard InChI is InChI=1S/C18H22N2O/c21-16-12-10-15(11-13-16)20-18-9-5-4-8-17(18)19-14-6-2-1-3-7-14/h1-3,6-7,10-13,17-21H,4-5,8-9H2/t17-,18-/m1/s1. The van der Waals surface area contributed by atoms with Crippen molar-refractivity contribution < 1.29 is 5.11 Å². The number of rotatable bonds is 4. The zero-order valence-electron chi connectivity index (χ0n) is 12.1. The van der Waals surface area contributed by atoms with Crippen LogP contribution in [-0.2, 0) is 0 Å². The van der Waals surface area contributed by atoms with Crippen molar-refractivity contribution in [3.8, 4) is 5.75 Å². The van der Waals surface area contributed by atoms with Gasteiger partial charge in [-0.1, -0.05) is 31.0 Å². The monoisotopic (exact) mass is 282 g/mol. The molecule has 0 unspecified atom stereocenters. The predicted molar refractivity (Wildman–Crippen MR) is 87.8 cm³/mol. The SMILES string of the molecule is Oc1ccc(N[C@@H]2CCCC[C@H]2Nc2ccccc2)cc1. The van der Waals surface area contributed by atoms with Crippen LogP contribution in [0.1, 0.15) is 25.7 Å². The van der Waals surface area contributed by atoms with Gasteiger partial charge in [-0.3, -0.25) is 0 Å². The van der Waals surface area contributed by atoms with Gasteiger partial charge in [0.1, 0.15) is 5.75 Å². The molecule has 1 aliphatic rings. The minimum Gasteiger partial charge on any atom is -0.508 e. The molecule has 1 saturated carbocycles. The second kappa shape index (κ2) is 6.53. The third-order valence-corrected chi connectivity index (χ3v) is 4.11. The molecule has 3 N–H and O–H groups in total. The van der Waals surface area contributed by atoms with Gasteiger partial charge < -0.3 is 15.7 Å². The molecule has 0 amide bonds. The minimum atomic E-state index is 0.308. The van der Waals surface area contributed by atoms with Crippen LogP contribution in [0.2, 0.25) is 0 Å². The van der Waals surface area contributed by atoms with Crippen LogP contribution in [0, 0.1) is 0 Å². The number of aromatic hydroxyl groups is 1. The Morgan fingerprint density at radius 3 is 1.81 bits per heavy atom. The molecule has 21 heavy (non-hydrogen) atoms. The summed E-state index contributed by atoms with van der Waals surface area (Å²) in [6, 6.07) is 18.6. The number of hydrogen-bond acceptors (Lipinski definition) is 3. The first-order valence-corrected chi connectivity index (χ1v) is 7.68. The molecule has 0 aromatic heterocycles. The molecule has 3 rings (SSSR count). The second-order valence-electron chi connectivity index (χ2n) is 5.70. The van der Waals surface area contributed by atoms with Gasteiger partial charge in [-0.2, -0.15) is 0 Å². The molecule has 2 atom stereocenters. The molecule has 0 aliphatic heterocycles. The summed E-state index contributed by atoms with van der Waals surface area (Å²) in [4.78, 5) is 0. The lowest BCUT2D eigenvalue weighted by atomic mass is 9.90. The van der Waals surface area contributed by atoms with E-state index in [2.05, 4.69) is 34.9 Å². The van der Waals surface area contributed by atoms with E-state index < -0.39 is 0 Å². The second-order valence-corrected chi connectivity index (χ2v) is 5.70. The minimum absolute atomic E-state index is 0.308. The molecule has 0 radical (unpaired) electrons. The normalized spacial score (nSPS) is 21.7. The van der Waals surface area contributed by atoms with Crippen molar-refractivity contribution in [3.05, 3.63) is 54.6 Å². The van der Waals surface area contributed by atoms with Crippen molar-refractivity contribution in [3.63, 3.8) is 0 Å². The summed E-state index contributed by atoms with van der Waals surface area (Å²) in [5.41, 5.74) is 2.25. The Labute approximate surface area is 126 Å². The highest BCUT2D eigenvalue weighted by Gasteiger charge is 2.24. The smallest absolute Gasteiger partial charge is 0.115 e. The molecular formula is C18H22N2O. The van der Waals surface area contributed by atoms with Crippen molar-refractivity contribution in [2.75, 3.05) is 10.6 Å². The summed E-state index contributed by atoms with van der Waals surface area (Å²) < 4.78 is 0. The van der Waals surface area contributed by atoms with Crippen LogP contribution in [0.25, 0.3) is 0 Å². The highest BCUT2D eigenvalue weighted by Crippen LogP contribution is 2.25. The quantitative estimate of drug-likeness (QED) is 0.735. The van der Waals surface area contributed by atoms with Crippen LogP contribution >= 0.6 is 0 Å². The van der Waals surface area contributed by atoms with E-state index in [0.29, 0.717) is 17.8 Å². The summed E-state index contributed by atoms with van der Waals surface area (Å²) in [6.45, 7) is 0. The first-order valence-electron chi connectivity index (χ1n) is 7.68. The third kappa shape index (κ3) is 3.69. The fraction of sp³-hybridized carbons (Fsp3) is 0.333. The van der Waals surface area contributed by atoms with E-state index in [9.17, 15) is 5.11 Å². The first-order chi connectivity index (χ1) is 10.3. The maximum Gasteiger partial charge on any atom is 0.115 e. The fourth-order valence-electron chi connectivity index (χ4n) is 3.00. The van der Waals surface area contributed by atoms with E-state index >= 15 is 0 Å². The van der Waals surface area contributed by atoms with Crippen molar-refractivity contribution >= 4 is 11.4 Å². The van der Waals surface area contributed by atoms with Crippen LogP contribution in [0.5, 0.6) is 5.75 Å². The summed E-state index contributed by atoms with van der Waals surface area (Å²) in [5.74, 6) is 0.308. The molecule has 2 aromatic rings. The largest absolute Gasteiger partial charge is 0.508 e. The average molecular weight is 282 g/mol. The van der Waals surface area contributed by atoms with Gasteiger partial charge >= 0.3 is 0 Å². The number of benzene rings is 2.